The third-order valence-corrected chi connectivity index (χ3v) is 4.71. The van der Waals surface area contributed by atoms with Crippen LogP contribution in [0, 0.1) is 5.41 Å². The lowest BCUT2D eigenvalue weighted by molar-refractivity contribution is -0.159. The van der Waals surface area contributed by atoms with Gasteiger partial charge in [0.25, 0.3) is 0 Å². The van der Waals surface area contributed by atoms with Gasteiger partial charge in [0.1, 0.15) is 0 Å². The zero-order valence-corrected chi connectivity index (χ0v) is 9.71. The largest absolute Gasteiger partial charge is 0.391 e. The van der Waals surface area contributed by atoms with Crippen LogP contribution in [0.3, 0.4) is 0 Å². The molecule has 2 nitrogen and oxygen atoms in total. The molecule has 0 unspecified atom stereocenters. The molecule has 13 heavy (non-hydrogen) atoms. The summed E-state index contributed by atoms with van der Waals surface area (Å²) in [5, 5.41) is 10.1. The fourth-order valence-corrected chi connectivity index (χ4v) is 2.99. The summed E-state index contributed by atoms with van der Waals surface area (Å²) in [5.74, 6) is 0. The first kappa shape index (κ1) is 9.69. The quantitative estimate of drug-likeness (QED) is 0.523. The summed E-state index contributed by atoms with van der Waals surface area (Å²) in [5.41, 5.74) is -0.541. The fraction of sp³-hybridized carbons (Fsp3) is 0.800. The molecule has 0 saturated carbocycles. The van der Waals surface area contributed by atoms with Crippen LogP contribution in [0.2, 0.25) is 0 Å². The van der Waals surface area contributed by atoms with Crippen molar-refractivity contribution in [1.82, 2.24) is 0 Å². The molecule has 0 aromatic rings. The minimum Gasteiger partial charge on any atom is -0.391 e. The summed E-state index contributed by atoms with van der Waals surface area (Å²) in [4.78, 5) is -0.0231. The molecular weight excluding hydrogens is 232 g/mol. The summed E-state index contributed by atoms with van der Waals surface area (Å²) in [7, 11) is 0. The van der Waals surface area contributed by atoms with E-state index in [9.17, 15) is 5.11 Å². The second kappa shape index (κ2) is 2.59. The zero-order chi connectivity index (χ0) is 9.85. The number of halogens is 1. The first-order chi connectivity index (χ1) is 5.88. The molecule has 0 aliphatic carbocycles. The molecule has 1 saturated heterocycles. The second-order valence-corrected chi connectivity index (χ2v) is 5.74. The van der Waals surface area contributed by atoms with Crippen LogP contribution in [0.15, 0.2) is 12.2 Å². The van der Waals surface area contributed by atoms with Gasteiger partial charge in [-0.05, 0) is 6.92 Å². The van der Waals surface area contributed by atoms with Gasteiger partial charge in [0.2, 0.25) is 0 Å². The Morgan fingerprint density at radius 1 is 1.38 bits per heavy atom. The third kappa shape index (κ3) is 1.14. The minimum atomic E-state index is -0.369. The molecule has 0 aromatic heterocycles. The number of rotatable bonds is 0. The molecule has 2 aliphatic heterocycles. The Morgan fingerprint density at radius 3 is 2.62 bits per heavy atom. The highest BCUT2D eigenvalue weighted by atomic mass is 79.9. The minimum absolute atomic E-state index is 0.0231. The molecule has 0 spiro atoms. The molecule has 1 fully saturated rings. The molecule has 1 N–H and O–H groups in total. The van der Waals surface area contributed by atoms with Crippen LogP contribution in [0.5, 0.6) is 0 Å². The van der Waals surface area contributed by atoms with Crippen molar-refractivity contribution in [3.8, 4) is 0 Å². The van der Waals surface area contributed by atoms with Gasteiger partial charge in [-0.1, -0.05) is 41.9 Å². The van der Waals surface area contributed by atoms with E-state index < -0.39 is 0 Å². The molecule has 2 bridgehead atoms. The lowest BCUT2D eigenvalue weighted by Gasteiger charge is -2.48. The maximum Gasteiger partial charge on any atom is 0.0993 e. The predicted octanol–water partition coefficient (Wildman–Crippen LogP) is 1.86. The molecule has 2 rings (SSSR count). The third-order valence-electron chi connectivity index (χ3n) is 3.30. The summed E-state index contributed by atoms with van der Waals surface area (Å²) in [6.45, 7) is 6.07. The number of hydrogen-bond acceptors (Lipinski definition) is 2. The van der Waals surface area contributed by atoms with Crippen LogP contribution in [0.1, 0.15) is 20.8 Å². The van der Waals surface area contributed by atoms with Gasteiger partial charge < -0.3 is 9.84 Å². The van der Waals surface area contributed by atoms with Crippen LogP contribution < -0.4 is 0 Å². The molecule has 2 heterocycles. The van der Waals surface area contributed by atoms with Crippen molar-refractivity contribution in [2.24, 2.45) is 5.41 Å². The fourth-order valence-electron chi connectivity index (χ4n) is 2.05. The highest BCUT2D eigenvalue weighted by molar-refractivity contribution is 9.09. The number of fused-ring (bicyclic) bond motifs is 2. The van der Waals surface area contributed by atoms with Gasteiger partial charge in [0.05, 0.1) is 22.6 Å². The summed E-state index contributed by atoms with van der Waals surface area (Å²) in [6, 6.07) is 0. The Hall–Kier alpha value is 0.140. The SMILES string of the molecule is CC1(C)[C@H](O)[C@H](Br)[C@]2(C)C=C[C@H]1O2. The highest BCUT2D eigenvalue weighted by Gasteiger charge is 2.55. The summed E-state index contributed by atoms with van der Waals surface area (Å²) < 4.78 is 5.86. The van der Waals surface area contributed by atoms with E-state index in [1.54, 1.807) is 0 Å². The maximum absolute atomic E-state index is 10.1. The molecular formula is C10H15BrO2. The van der Waals surface area contributed by atoms with Crippen molar-refractivity contribution in [3.05, 3.63) is 12.2 Å². The van der Waals surface area contributed by atoms with Gasteiger partial charge >= 0.3 is 0 Å². The van der Waals surface area contributed by atoms with Crippen molar-refractivity contribution in [3.63, 3.8) is 0 Å². The number of hydrogen-bond donors (Lipinski definition) is 1. The van der Waals surface area contributed by atoms with E-state index in [1.807, 2.05) is 20.8 Å². The van der Waals surface area contributed by atoms with Crippen molar-refractivity contribution in [2.45, 2.75) is 43.4 Å². The molecule has 0 amide bonds. The van der Waals surface area contributed by atoms with Gasteiger partial charge in [0.15, 0.2) is 0 Å². The predicted molar refractivity (Wildman–Crippen MR) is 54.9 cm³/mol. The van der Waals surface area contributed by atoms with Crippen molar-refractivity contribution >= 4 is 15.9 Å². The Morgan fingerprint density at radius 2 is 2.00 bits per heavy atom. The average molecular weight is 247 g/mol. The second-order valence-electron chi connectivity index (χ2n) is 4.75. The van der Waals surface area contributed by atoms with Crippen molar-refractivity contribution in [1.29, 1.82) is 0 Å². The lowest BCUT2D eigenvalue weighted by atomic mass is 9.76. The van der Waals surface area contributed by atoms with Gasteiger partial charge in [-0.15, -0.1) is 0 Å². The first-order valence-electron chi connectivity index (χ1n) is 4.57. The monoisotopic (exact) mass is 246 g/mol. The van der Waals surface area contributed by atoms with Gasteiger partial charge in [-0.3, -0.25) is 0 Å². The van der Waals surface area contributed by atoms with E-state index in [-0.39, 0.29) is 28.1 Å². The Bertz CT molecular complexity index is 262. The smallest absolute Gasteiger partial charge is 0.0993 e. The van der Waals surface area contributed by atoms with E-state index in [0.717, 1.165) is 0 Å². The van der Waals surface area contributed by atoms with E-state index in [2.05, 4.69) is 28.1 Å². The van der Waals surface area contributed by atoms with E-state index in [1.165, 1.54) is 0 Å². The Balaban J connectivity index is 2.39. The van der Waals surface area contributed by atoms with Crippen molar-refractivity contribution in [2.75, 3.05) is 0 Å². The molecule has 0 radical (unpaired) electrons. The Labute approximate surface area is 87.1 Å². The summed E-state index contributed by atoms with van der Waals surface area (Å²) in [6.07, 6.45) is 3.78. The maximum atomic E-state index is 10.1. The van der Waals surface area contributed by atoms with Gasteiger partial charge in [-0.25, -0.2) is 0 Å². The van der Waals surface area contributed by atoms with Crippen LogP contribution >= 0.6 is 15.9 Å². The van der Waals surface area contributed by atoms with Crippen molar-refractivity contribution < 1.29 is 9.84 Å². The number of aliphatic hydroxyl groups is 1. The molecule has 0 aromatic carbocycles. The lowest BCUT2D eigenvalue weighted by Crippen LogP contribution is -2.58. The average Bonchev–Trinajstić information content (AvgIpc) is 2.43. The normalized spacial score (nSPS) is 52.5. The molecule has 4 atom stereocenters. The molecule has 2 aliphatic rings. The standard InChI is InChI=1S/C10H15BrO2/c1-9(2)6-4-5-10(3,13-6)7(11)8(9)12/h4-8,12H,1-3H3/t6-,7+,8-,10+/m1/s1. The van der Waals surface area contributed by atoms with Crippen LogP contribution in [-0.2, 0) is 4.74 Å². The topological polar surface area (TPSA) is 29.5 Å². The van der Waals surface area contributed by atoms with Crippen LogP contribution in [-0.4, -0.2) is 27.7 Å². The summed E-state index contributed by atoms with van der Waals surface area (Å²) >= 11 is 3.51. The number of ether oxygens (including phenoxy) is 1. The van der Waals surface area contributed by atoms with E-state index >= 15 is 0 Å². The first-order valence-corrected chi connectivity index (χ1v) is 5.49. The Kier molecular flexibility index (Phi) is 1.93. The van der Waals surface area contributed by atoms with Crippen LogP contribution in [0.4, 0.5) is 0 Å². The van der Waals surface area contributed by atoms with Gasteiger partial charge in [-0.2, -0.15) is 0 Å². The zero-order valence-electron chi connectivity index (χ0n) is 8.12. The molecule has 3 heteroatoms. The van der Waals surface area contributed by atoms with Crippen LogP contribution in [0.25, 0.3) is 0 Å². The molecule has 74 valence electrons. The highest BCUT2D eigenvalue weighted by Crippen LogP contribution is 2.48. The van der Waals surface area contributed by atoms with E-state index in [4.69, 9.17) is 4.74 Å². The number of aliphatic hydroxyl groups excluding tert-OH is 1. The number of alkyl halides is 1. The van der Waals surface area contributed by atoms with E-state index in [0.29, 0.717) is 0 Å². The van der Waals surface area contributed by atoms with Gasteiger partial charge in [0, 0.05) is 5.41 Å².